The summed E-state index contributed by atoms with van der Waals surface area (Å²) in [6.07, 6.45) is 6.30. The monoisotopic (exact) mass is 271 g/mol. The van der Waals surface area contributed by atoms with Gasteiger partial charge in [0.25, 0.3) is 0 Å². The molecule has 1 aromatic carbocycles. The molecule has 0 amide bonds. The van der Waals surface area contributed by atoms with Crippen molar-refractivity contribution in [2.75, 3.05) is 31.6 Å². The molecule has 0 N–H and O–H groups in total. The highest BCUT2D eigenvalue weighted by atomic mass is 15.2. The number of aliphatic imine (C=N–C) groups is 1. The highest BCUT2D eigenvalue weighted by Gasteiger charge is 2.18. The Morgan fingerprint density at radius 1 is 1.00 bits per heavy atom. The molecule has 3 nitrogen and oxygen atoms in total. The van der Waals surface area contributed by atoms with E-state index in [9.17, 15) is 0 Å². The summed E-state index contributed by atoms with van der Waals surface area (Å²) < 4.78 is 0. The van der Waals surface area contributed by atoms with Gasteiger partial charge < -0.3 is 9.80 Å². The third-order valence-corrected chi connectivity index (χ3v) is 4.49. The Labute approximate surface area is 122 Å². The topological polar surface area (TPSA) is 18.8 Å². The van der Waals surface area contributed by atoms with Crippen LogP contribution < -0.4 is 4.90 Å². The molecule has 2 saturated heterocycles. The quantitative estimate of drug-likeness (QED) is 0.816. The van der Waals surface area contributed by atoms with Crippen LogP contribution in [0.1, 0.15) is 37.7 Å². The standard InChI is InChI=1S/C17H25N3/c1-14-8-7-9-15(20-12-5-6-13-20)17(14)18-16-10-3-4-11-19(16)2/h7-9H,3-6,10-13H2,1-2H3/b18-16+. The number of rotatable bonds is 2. The molecule has 3 heteroatoms. The number of amidine groups is 1. The Kier molecular flexibility index (Phi) is 3.95. The van der Waals surface area contributed by atoms with E-state index < -0.39 is 0 Å². The molecule has 1 aromatic rings. The van der Waals surface area contributed by atoms with E-state index in [1.165, 1.54) is 61.5 Å². The van der Waals surface area contributed by atoms with Crippen LogP contribution in [0.3, 0.4) is 0 Å². The van der Waals surface area contributed by atoms with E-state index >= 15 is 0 Å². The van der Waals surface area contributed by atoms with Gasteiger partial charge in [0.05, 0.1) is 11.4 Å². The molecule has 0 bridgehead atoms. The number of hydrogen-bond donors (Lipinski definition) is 0. The molecule has 0 saturated carbocycles. The maximum absolute atomic E-state index is 5.04. The first kappa shape index (κ1) is 13.5. The van der Waals surface area contributed by atoms with Gasteiger partial charge >= 0.3 is 0 Å². The normalized spacial score (nSPS) is 21.8. The maximum Gasteiger partial charge on any atom is 0.105 e. The third kappa shape index (κ3) is 2.67. The lowest BCUT2D eigenvalue weighted by atomic mass is 10.1. The first-order chi connectivity index (χ1) is 9.75. The number of benzene rings is 1. The fraction of sp³-hybridized carbons (Fsp3) is 0.588. The minimum absolute atomic E-state index is 1.12. The van der Waals surface area contributed by atoms with Gasteiger partial charge in [-0.15, -0.1) is 0 Å². The summed E-state index contributed by atoms with van der Waals surface area (Å²) >= 11 is 0. The Bertz CT molecular complexity index is 501. The predicted molar refractivity (Wildman–Crippen MR) is 86.2 cm³/mol. The second-order valence-electron chi connectivity index (χ2n) is 6.04. The molecular formula is C17H25N3. The molecule has 0 spiro atoms. The van der Waals surface area contributed by atoms with Crippen LogP contribution in [0.25, 0.3) is 0 Å². The minimum Gasteiger partial charge on any atom is -0.370 e. The average molecular weight is 271 g/mol. The number of hydrogen-bond acceptors (Lipinski definition) is 2. The van der Waals surface area contributed by atoms with Gasteiger partial charge in [-0.1, -0.05) is 12.1 Å². The molecule has 2 aliphatic rings. The molecule has 0 aliphatic carbocycles. The molecule has 20 heavy (non-hydrogen) atoms. The second-order valence-corrected chi connectivity index (χ2v) is 6.04. The molecule has 0 aromatic heterocycles. The van der Waals surface area contributed by atoms with E-state index in [0.717, 1.165) is 13.0 Å². The van der Waals surface area contributed by atoms with Crippen molar-refractivity contribution in [1.82, 2.24) is 4.90 Å². The number of aryl methyl sites for hydroxylation is 1. The van der Waals surface area contributed by atoms with Crippen LogP contribution in [-0.2, 0) is 0 Å². The zero-order valence-corrected chi connectivity index (χ0v) is 12.7. The molecule has 0 radical (unpaired) electrons. The highest BCUT2D eigenvalue weighted by molar-refractivity contribution is 5.88. The average Bonchev–Trinajstić information content (AvgIpc) is 2.97. The van der Waals surface area contributed by atoms with Crippen molar-refractivity contribution in [2.45, 2.75) is 39.0 Å². The van der Waals surface area contributed by atoms with Crippen molar-refractivity contribution in [3.05, 3.63) is 23.8 Å². The summed E-state index contributed by atoms with van der Waals surface area (Å²) in [5.74, 6) is 1.26. The van der Waals surface area contributed by atoms with Crippen LogP contribution in [0.5, 0.6) is 0 Å². The zero-order chi connectivity index (χ0) is 13.9. The summed E-state index contributed by atoms with van der Waals surface area (Å²) in [6, 6.07) is 6.58. The first-order valence-electron chi connectivity index (χ1n) is 7.89. The Balaban J connectivity index is 1.96. The Hall–Kier alpha value is -1.51. The van der Waals surface area contributed by atoms with Crippen LogP contribution >= 0.6 is 0 Å². The van der Waals surface area contributed by atoms with Gasteiger partial charge in [0, 0.05) is 33.1 Å². The largest absolute Gasteiger partial charge is 0.370 e. The zero-order valence-electron chi connectivity index (χ0n) is 12.7. The molecule has 0 atom stereocenters. The maximum atomic E-state index is 5.04. The predicted octanol–water partition coefficient (Wildman–Crippen LogP) is 3.74. The molecule has 108 valence electrons. The van der Waals surface area contributed by atoms with Gasteiger partial charge in [-0.2, -0.15) is 0 Å². The lowest BCUT2D eigenvalue weighted by Gasteiger charge is -2.27. The number of likely N-dealkylation sites (tertiary alicyclic amines) is 1. The van der Waals surface area contributed by atoms with Crippen LogP contribution in [0.2, 0.25) is 0 Å². The lowest BCUT2D eigenvalue weighted by Crippen LogP contribution is -2.31. The van der Waals surface area contributed by atoms with Gasteiger partial charge in [0.2, 0.25) is 0 Å². The number of para-hydroxylation sites is 1. The van der Waals surface area contributed by atoms with Gasteiger partial charge in [0.1, 0.15) is 5.84 Å². The number of anilines is 1. The summed E-state index contributed by atoms with van der Waals surface area (Å²) in [6.45, 7) is 5.68. The van der Waals surface area contributed by atoms with Crippen molar-refractivity contribution < 1.29 is 0 Å². The smallest absolute Gasteiger partial charge is 0.105 e. The van der Waals surface area contributed by atoms with Crippen molar-refractivity contribution in [2.24, 2.45) is 4.99 Å². The number of nitrogens with zero attached hydrogens (tertiary/aromatic N) is 3. The fourth-order valence-corrected chi connectivity index (χ4v) is 3.22. The van der Waals surface area contributed by atoms with E-state index in [1.807, 2.05) is 0 Å². The van der Waals surface area contributed by atoms with Crippen LogP contribution in [0, 0.1) is 6.92 Å². The van der Waals surface area contributed by atoms with Crippen molar-refractivity contribution in [3.63, 3.8) is 0 Å². The minimum atomic E-state index is 1.12. The fourth-order valence-electron chi connectivity index (χ4n) is 3.22. The van der Waals surface area contributed by atoms with Gasteiger partial charge in [-0.3, -0.25) is 0 Å². The summed E-state index contributed by atoms with van der Waals surface area (Å²) in [4.78, 5) is 9.86. The van der Waals surface area contributed by atoms with Crippen LogP contribution in [-0.4, -0.2) is 37.4 Å². The number of piperidine rings is 1. The van der Waals surface area contributed by atoms with Crippen LogP contribution in [0.4, 0.5) is 11.4 Å². The summed E-state index contributed by atoms with van der Waals surface area (Å²) in [5, 5.41) is 0. The SMILES string of the molecule is Cc1cccc(N2CCCC2)c1/N=C1\CCCCN1C. The Morgan fingerprint density at radius 2 is 1.75 bits per heavy atom. The van der Waals surface area contributed by atoms with Gasteiger partial charge in [-0.25, -0.2) is 4.99 Å². The molecule has 3 rings (SSSR count). The lowest BCUT2D eigenvalue weighted by molar-refractivity contribution is 0.434. The van der Waals surface area contributed by atoms with E-state index in [1.54, 1.807) is 0 Å². The Morgan fingerprint density at radius 3 is 2.50 bits per heavy atom. The van der Waals surface area contributed by atoms with E-state index in [0.29, 0.717) is 0 Å². The second kappa shape index (κ2) is 5.86. The van der Waals surface area contributed by atoms with Crippen molar-refractivity contribution in [3.8, 4) is 0 Å². The first-order valence-corrected chi connectivity index (χ1v) is 7.89. The van der Waals surface area contributed by atoms with E-state index in [-0.39, 0.29) is 0 Å². The van der Waals surface area contributed by atoms with E-state index in [4.69, 9.17) is 4.99 Å². The third-order valence-electron chi connectivity index (χ3n) is 4.49. The summed E-state index contributed by atoms with van der Waals surface area (Å²) in [7, 11) is 2.17. The molecule has 0 unspecified atom stereocenters. The van der Waals surface area contributed by atoms with Crippen molar-refractivity contribution >= 4 is 17.2 Å². The van der Waals surface area contributed by atoms with E-state index in [2.05, 4.69) is 42.0 Å². The van der Waals surface area contributed by atoms with Crippen molar-refractivity contribution in [1.29, 1.82) is 0 Å². The van der Waals surface area contributed by atoms with Gasteiger partial charge in [-0.05, 0) is 44.2 Å². The van der Waals surface area contributed by atoms with Crippen LogP contribution in [0.15, 0.2) is 23.2 Å². The molecule has 2 heterocycles. The molecule has 2 aliphatic heterocycles. The highest BCUT2D eigenvalue weighted by Crippen LogP contribution is 2.35. The van der Waals surface area contributed by atoms with Gasteiger partial charge in [0.15, 0.2) is 0 Å². The molecule has 2 fully saturated rings. The molecular weight excluding hydrogens is 246 g/mol. The summed E-state index contributed by atoms with van der Waals surface area (Å²) in [5.41, 5.74) is 3.81.